The van der Waals surface area contributed by atoms with Gasteiger partial charge in [0.05, 0.1) is 10.6 Å². The van der Waals surface area contributed by atoms with Crippen molar-refractivity contribution >= 4 is 44.6 Å². The summed E-state index contributed by atoms with van der Waals surface area (Å²) in [5.41, 5.74) is 2.76. The van der Waals surface area contributed by atoms with E-state index >= 15 is 0 Å². The third kappa shape index (κ3) is 4.74. The average Bonchev–Trinajstić information content (AvgIpc) is 3.34. The number of anilines is 3. The summed E-state index contributed by atoms with van der Waals surface area (Å²) in [6.07, 6.45) is 2.43. The quantitative estimate of drug-likeness (QED) is 0.550. The minimum Gasteiger partial charge on any atom is -0.372 e. The van der Waals surface area contributed by atoms with Gasteiger partial charge in [0.1, 0.15) is 0 Å². The Balaban J connectivity index is 1.43. The van der Waals surface area contributed by atoms with Gasteiger partial charge < -0.3 is 10.2 Å². The first-order valence-electron chi connectivity index (χ1n) is 10.4. The van der Waals surface area contributed by atoms with Gasteiger partial charge in [-0.2, -0.15) is 0 Å². The van der Waals surface area contributed by atoms with Crippen molar-refractivity contribution in [3.05, 3.63) is 83.4 Å². The molecule has 1 heterocycles. The lowest BCUT2D eigenvalue weighted by Crippen LogP contribution is -2.26. The number of nitrogens with one attached hydrogen (secondary N) is 1. The summed E-state index contributed by atoms with van der Waals surface area (Å²) in [5.74, 6) is -0.256. The first-order chi connectivity index (χ1) is 15.3. The van der Waals surface area contributed by atoms with Crippen LogP contribution in [-0.4, -0.2) is 34.5 Å². The predicted octanol–water partition coefficient (Wildman–Crippen LogP) is 5.02. The van der Waals surface area contributed by atoms with E-state index in [1.807, 2.05) is 24.3 Å². The molecule has 32 heavy (non-hydrogen) atoms. The summed E-state index contributed by atoms with van der Waals surface area (Å²) in [4.78, 5) is 15.1. The number of hydrogen-bond acceptors (Lipinski definition) is 4. The Morgan fingerprint density at radius 3 is 2.09 bits per heavy atom. The molecule has 3 aromatic rings. The standard InChI is InChI=1S/C24H24ClN3O3S/c1-27(32(30,31)23-14-6-19(25)7-15-23)21-10-4-18(5-11-21)24(29)26-20-8-12-22(13-9-20)28-16-2-3-17-28/h4-15H,2-3,16-17H2,1H3,(H,26,29). The van der Waals surface area contributed by atoms with Gasteiger partial charge in [-0.3, -0.25) is 9.10 Å². The Morgan fingerprint density at radius 1 is 0.906 bits per heavy atom. The Morgan fingerprint density at radius 2 is 1.50 bits per heavy atom. The van der Waals surface area contributed by atoms with Crippen molar-refractivity contribution in [1.29, 1.82) is 0 Å². The lowest BCUT2D eigenvalue weighted by atomic mass is 10.2. The second kappa shape index (κ2) is 9.22. The van der Waals surface area contributed by atoms with E-state index in [-0.39, 0.29) is 10.8 Å². The van der Waals surface area contributed by atoms with Gasteiger partial charge in [-0.1, -0.05) is 11.6 Å². The molecule has 0 spiro atoms. The van der Waals surface area contributed by atoms with E-state index in [0.717, 1.165) is 18.8 Å². The highest BCUT2D eigenvalue weighted by Crippen LogP contribution is 2.25. The number of nitrogens with zero attached hydrogens (tertiary/aromatic N) is 2. The SMILES string of the molecule is CN(c1ccc(C(=O)Nc2ccc(N3CCCC3)cc2)cc1)S(=O)(=O)c1ccc(Cl)cc1. The molecule has 8 heteroatoms. The van der Waals surface area contributed by atoms with Crippen molar-refractivity contribution in [3.63, 3.8) is 0 Å². The van der Waals surface area contributed by atoms with E-state index < -0.39 is 10.0 Å². The maximum absolute atomic E-state index is 12.8. The van der Waals surface area contributed by atoms with Crippen molar-refractivity contribution in [2.24, 2.45) is 0 Å². The Bertz CT molecular complexity index is 1190. The molecule has 0 aliphatic carbocycles. The van der Waals surface area contributed by atoms with Crippen LogP contribution in [0.25, 0.3) is 0 Å². The lowest BCUT2D eigenvalue weighted by molar-refractivity contribution is 0.102. The van der Waals surface area contributed by atoms with Crippen LogP contribution in [0.3, 0.4) is 0 Å². The molecule has 0 atom stereocenters. The highest BCUT2D eigenvalue weighted by atomic mass is 35.5. The molecule has 0 saturated carbocycles. The normalized spacial score (nSPS) is 13.8. The van der Waals surface area contributed by atoms with Crippen molar-refractivity contribution in [3.8, 4) is 0 Å². The fraction of sp³-hybridized carbons (Fsp3) is 0.208. The minimum absolute atomic E-state index is 0.142. The monoisotopic (exact) mass is 469 g/mol. The van der Waals surface area contributed by atoms with Gasteiger partial charge in [0, 0.05) is 42.1 Å². The van der Waals surface area contributed by atoms with Crippen LogP contribution >= 0.6 is 11.6 Å². The topological polar surface area (TPSA) is 69.7 Å². The van der Waals surface area contributed by atoms with Crippen LogP contribution in [0.2, 0.25) is 5.02 Å². The molecule has 1 fully saturated rings. The summed E-state index contributed by atoms with van der Waals surface area (Å²) in [6, 6.07) is 20.3. The van der Waals surface area contributed by atoms with E-state index in [0.29, 0.717) is 22.0 Å². The molecule has 1 N–H and O–H groups in total. The van der Waals surface area contributed by atoms with Gasteiger partial charge in [-0.25, -0.2) is 8.42 Å². The number of rotatable bonds is 6. The highest BCUT2D eigenvalue weighted by Gasteiger charge is 2.21. The molecule has 4 rings (SSSR count). The Hall–Kier alpha value is -3.03. The fourth-order valence-electron chi connectivity index (χ4n) is 3.66. The number of benzene rings is 3. The third-order valence-electron chi connectivity index (χ3n) is 5.56. The van der Waals surface area contributed by atoms with Gasteiger partial charge in [0.25, 0.3) is 15.9 Å². The molecule has 1 aliphatic rings. The molecule has 1 amide bonds. The molecule has 166 valence electrons. The minimum atomic E-state index is -3.73. The van der Waals surface area contributed by atoms with Crippen LogP contribution in [0.4, 0.5) is 17.1 Å². The summed E-state index contributed by atoms with van der Waals surface area (Å²) in [5, 5.41) is 3.35. The fourth-order valence-corrected chi connectivity index (χ4v) is 4.98. The molecule has 0 unspecified atom stereocenters. The maximum Gasteiger partial charge on any atom is 0.264 e. The second-order valence-corrected chi connectivity index (χ2v) is 10.1. The molecule has 1 saturated heterocycles. The van der Waals surface area contributed by atoms with Crippen LogP contribution in [0.15, 0.2) is 77.7 Å². The molecule has 3 aromatic carbocycles. The number of carbonyl (C=O) groups is 1. The van der Waals surface area contributed by atoms with E-state index in [2.05, 4.69) is 10.2 Å². The van der Waals surface area contributed by atoms with E-state index in [4.69, 9.17) is 11.6 Å². The maximum atomic E-state index is 12.8. The number of carbonyl (C=O) groups excluding carboxylic acids is 1. The van der Waals surface area contributed by atoms with Crippen LogP contribution in [-0.2, 0) is 10.0 Å². The van der Waals surface area contributed by atoms with Crippen LogP contribution in [0.1, 0.15) is 23.2 Å². The van der Waals surface area contributed by atoms with Crippen molar-refractivity contribution in [1.82, 2.24) is 0 Å². The third-order valence-corrected chi connectivity index (χ3v) is 7.61. The molecule has 0 bridgehead atoms. The highest BCUT2D eigenvalue weighted by molar-refractivity contribution is 7.92. The first kappa shape index (κ1) is 22.2. The van der Waals surface area contributed by atoms with Crippen molar-refractivity contribution in [2.45, 2.75) is 17.7 Å². The van der Waals surface area contributed by atoms with Crippen molar-refractivity contribution < 1.29 is 13.2 Å². The molecule has 6 nitrogen and oxygen atoms in total. The summed E-state index contributed by atoms with van der Waals surface area (Å²) in [6.45, 7) is 2.14. The summed E-state index contributed by atoms with van der Waals surface area (Å²) >= 11 is 5.85. The first-order valence-corrected chi connectivity index (χ1v) is 12.2. The number of amides is 1. The van der Waals surface area contributed by atoms with E-state index in [1.54, 1.807) is 24.3 Å². The Labute approximate surface area is 193 Å². The van der Waals surface area contributed by atoms with Crippen molar-refractivity contribution in [2.75, 3.05) is 34.7 Å². The van der Waals surface area contributed by atoms with E-state index in [1.165, 1.54) is 48.5 Å². The van der Waals surface area contributed by atoms with Crippen LogP contribution in [0, 0.1) is 0 Å². The zero-order chi connectivity index (χ0) is 22.7. The molecule has 0 radical (unpaired) electrons. The molecule has 1 aliphatic heterocycles. The lowest BCUT2D eigenvalue weighted by Gasteiger charge is -2.20. The number of halogens is 1. The van der Waals surface area contributed by atoms with E-state index in [9.17, 15) is 13.2 Å². The van der Waals surface area contributed by atoms with Gasteiger partial charge in [-0.05, 0) is 85.6 Å². The van der Waals surface area contributed by atoms with Gasteiger partial charge in [0.15, 0.2) is 0 Å². The second-order valence-electron chi connectivity index (χ2n) is 7.67. The van der Waals surface area contributed by atoms with Crippen LogP contribution in [0.5, 0.6) is 0 Å². The summed E-state index contributed by atoms with van der Waals surface area (Å²) < 4.78 is 26.8. The van der Waals surface area contributed by atoms with Crippen LogP contribution < -0.4 is 14.5 Å². The Kier molecular flexibility index (Phi) is 6.39. The van der Waals surface area contributed by atoms with Gasteiger partial charge in [0.2, 0.25) is 0 Å². The zero-order valence-corrected chi connectivity index (χ0v) is 19.2. The number of hydrogen-bond donors (Lipinski definition) is 1. The zero-order valence-electron chi connectivity index (χ0n) is 17.7. The number of sulfonamides is 1. The summed E-state index contributed by atoms with van der Waals surface area (Å²) in [7, 11) is -2.26. The molecule has 0 aromatic heterocycles. The van der Waals surface area contributed by atoms with Gasteiger partial charge >= 0.3 is 0 Å². The molecular weight excluding hydrogens is 446 g/mol. The average molecular weight is 470 g/mol. The van der Waals surface area contributed by atoms with Gasteiger partial charge in [-0.15, -0.1) is 0 Å². The largest absolute Gasteiger partial charge is 0.372 e. The molecular formula is C24H24ClN3O3S. The predicted molar refractivity (Wildman–Crippen MR) is 129 cm³/mol. The smallest absolute Gasteiger partial charge is 0.264 e.